The quantitative estimate of drug-likeness (QED) is 0.590. The van der Waals surface area contributed by atoms with Gasteiger partial charge >= 0.3 is 52.8 Å². The van der Waals surface area contributed by atoms with Gasteiger partial charge in [0.1, 0.15) is 0 Å². The predicted octanol–water partition coefficient (Wildman–Crippen LogP) is 0.742. The molecule has 0 saturated heterocycles. The van der Waals surface area contributed by atoms with Crippen molar-refractivity contribution in [3.8, 4) is 0 Å². The first kappa shape index (κ1) is 6.78. The molecule has 0 aromatic rings. The Morgan fingerprint density at radius 1 is 1.67 bits per heavy atom. The third-order valence-electron chi connectivity index (χ3n) is 0.408. The minimum atomic E-state index is 0.688. The summed E-state index contributed by atoms with van der Waals surface area (Å²) in [7, 11) is 0. The van der Waals surface area contributed by atoms with Crippen LogP contribution in [0.2, 0.25) is 0 Å². The molecule has 0 aliphatic carbocycles. The van der Waals surface area contributed by atoms with E-state index in [4.69, 9.17) is 3.02 Å². The third kappa shape index (κ3) is 4.78. The number of rotatable bonds is 2. The molecule has 0 unspecified atom stereocenters. The minimum absolute atomic E-state index is 0.688. The van der Waals surface area contributed by atoms with Crippen LogP contribution in [-0.2, 0) is 3.02 Å². The summed E-state index contributed by atoms with van der Waals surface area (Å²) in [5, 5.41) is 0. The summed E-state index contributed by atoms with van der Waals surface area (Å²) in [5.41, 5.74) is 0. The Hall–Kier alpha value is 0.778. The average molecular weight is 195 g/mol. The van der Waals surface area contributed by atoms with E-state index in [2.05, 4.69) is 13.8 Å². The Labute approximate surface area is 53.1 Å². The van der Waals surface area contributed by atoms with E-state index >= 15 is 0 Å². The molecule has 0 fully saturated rings. The SMILES string of the molecule is CC(C)C[O][Sb]. The molecule has 0 amide bonds. The molecule has 0 bridgehead atoms. The maximum atomic E-state index is 4.85. The summed E-state index contributed by atoms with van der Waals surface area (Å²) in [6.07, 6.45) is 0. The van der Waals surface area contributed by atoms with E-state index in [1.165, 1.54) is 23.4 Å². The number of hydrogen-bond acceptors (Lipinski definition) is 1. The van der Waals surface area contributed by atoms with Crippen LogP contribution in [0, 0.1) is 5.92 Å². The van der Waals surface area contributed by atoms with Crippen LogP contribution in [0.3, 0.4) is 0 Å². The van der Waals surface area contributed by atoms with Gasteiger partial charge in [-0.1, -0.05) is 0 Å². The fraction of sp³-hybridized carbons (Fsp3) is 1.00. The molecule has 36 valence electrons. The van der Waals surface area contributed by atoms with E-state index in [1.54, 1.807) is 0 Å². The van der Waals surface area contributed by atoms with Crippen molar-refractivity contribution in [3.63, 3.8) is 0 Å². The van der Waals surface area contributed by atoms with Crippen molar-refractivity contribution >= 4 is 23.4 Å². The molecule has 0 atom stereocenters. The third-order valence-corrected chi connectivity index (χ3v) is 0.833. The van der Waals surface area contributed by atoms with E-state index < -0.39 is 0 Å². The molecule has 6 heavy (non-hydrogen) atoms. The first-order chi connectivity index (χ1) is 2.77. The molecule has 0 aliphatic heterocycles. The van der Waals surface area contributed by atoms with Gasteiger partial charge in [-0.25, -0.2) is 0 Å². The van der Waals surface area contributed by atoms with Gasteiger partial charge in [0.2, 0.25) is 0 Å². The second kappa shape index (κ2) is 3.95. The van der Waals surface area contributed by atoms with Crippen LogP contribution < -0.4 is 0 Å². The molecule has 2 radical (unpaired) electrons. The average Bonchev–Trinajstić information content (AvgIpc) is 1.35. The second-order valence-corrected chi connectivity index (χ2v) is 2.43. The van der Waals surface area contributed by atoms with Crippen molar-refractivity contribution in [3.05, 3.63) is 0 Å². The zero-order chi connectivity index (χ0) is 4.99. The van der Waals surface area contributed by atoms with Crippen LogP contribution >= 0.6 is 0 Å². The molecule has 2 heteroatoms. The molecular formula is C4H9OSb. The van der Waals surface area contributed by atoms with E-state index in [-0.39, 0.29) is 0 Å². The van der Waals surface area contributed by atoms with E-state index in [0.29, 0.717) is 5.92 Å². The van der Waals surface area contributed by atoms with Gasteiger partial charge in [0.15, 0.2) is 0 Å². The summed E-state index contributed by atoms with van der Waals surface area (Å²) in [5.74, 6) is 0.688. The Bertz CT molecular complexity index is 28.7. The molecule has 1 nitrogen and oxygen atoms in total. The van der Waals surface area contributed by atoms with Gasteiger partial charge in [0, 0.05) is 0 Å². The second-order valence-electron chi connectivity index (χ2n) is 1.69. The zero-order valence-corrected chi connectivity index (χ0v) is 6.69. The molecule has 0 rings (SSSR count). The molecule has 0 heterocycles. The van der Waals surface area contributed by atoms with Crippen LogP contribution in [0.4, 0.5) is 0 Å². The van der Waals surface area contributed by atoms with Crippen molar-refractivity contribution in [2.45, 2.75) is 13.8 Å². The first-order valence-corrected chi connectivity index (χ1v) is 3.08. The van der Waals surface area contributed by atoms with Gasteiger partial charge in [-0.05, 0) is 0 Å². The van der Waals surface area contributed by atoms with Gasteiger partial charge in [-0.15, -0.1) is 0 Å². The van der Waals surface area contributed by atoms with Crippen molar-refractivity contribution in [2.75, 3.05) is 6.61 Å². The van der Waals surface area contributed by atoms with Crippen molar-refractivity contribution in [1.82, 2.24) is 0 Å². The van der Waals surface area contributed by atoms with E-state index in [1.807, 2.05) is 0 Å². The first-order valence-electron chi connectivity index (χ1n) is 2.03. The van der Waals surface area contributed by atoms with Crippen molar-refractivity contribution in [2.24, 2.45) is 5.92 Å². The van der Waals surface area contributed by atoms with Gasteiger partial charge < -0.3 is 0 Å². The molecule has 0 saturated carbocycles. The fourth-order valence-electron chi connectivity index (χ4n) is 0.149. The Morgan fingerprint density at radius 2 is 2.17 bits per heavy atom. The van der Waals surface area contributed by atoms with Gasteiger partial charge in [-0.2, -0.15) is 0 Å². The zero-order valence-electron chi connectivity index (χ0n) is 4.14. The Kier molecular flexibility index (Phi) is 4.46. The van der Waals surface area contributed by atoms with Crippen LogP contribution in [0.1, 0.15) is 13.8 Å². The van der Waals surface area contributed by atoms with Crippen molar-refractivity contribution < 1.29 is 3.02 Å². The van der Waals surface area contributed by atoms with Crippen molar-refractivity contribution in [1.29, 1.82) is 0 Å². The summed E-state index contributed by atoms with van der Waals surface area (Å²) < 4.78 is 4.85. The molecule has 0 aliphatic rings. The fourth-order valence-corrected chi connectivity index (χ4v) is 1.00. The topological polar surface area (TPSA) is 9.23 Å². The summed E-state index contributed by atoms with van der Waals surface area (Å²) in [6, 6.07) is 0. The molecule has 0 aromatic carbocycles. The van der Waals surface area contributed by atoms with E-state index in [0.717, 1.165) is 6.61 Å². The maximum absolute atomic E-state index is 4.85. The van der Waals surface area contributed by atoms with Gasteiger partial charge in [-0.3, -0.25) is 0 Å². The van der Waals surface area contributed by atoms with Gasteiger partial charge in [0.05, 0.1) is 0 Å². The van der Waals surface area contributed by atoms with Crippen LogP contribution in [-0.4, -0.2) is 30.0 Å². The van der Waals surface area contributed by atoms with Crippen LogP contribution in [0.25, 0.3) is 0 Å². The van der Waals surface area contributed by atoms with Crippen LogP contribution in [0.15, 0.2) is 0 Å². The molecule has 0 N–H and O–H groups in total. The number of hydrogen-bond donors (Lipinski definition) is 0. The molecule has 0 aromatic heterocycles. The summed E-state index contributed by atoms with van der Waals surface area (Å²) in [4.78, 5) is 0. The van der Waals surface area contributed by atoms with Gasteiger partial charge in [0.25, 0.3) is 0 Å². The van der Waals surface area contributed by atoms with E-state index in [9.17, 15) is 0 Å². The Morgan fingerprint density at radius 3 is 2.17 bits per heavy atom. The van der Waals surface area contributed by atoms with Crippen LogP contribution in [0.5, 0.6) is 0 Å². The Balaban J connectivity index is 2.63. The predicted molar refractivity (Wildman–Crippen MR) is 26.5 cm³/mol. The monoisotopic (exact) mass is 194 g/mol. The molecule has 0 spiro atoms. The normalized spacial score (nSPS) is 10.0. The standard InChI is InChI=1S/C4H9O.Sb/c1-4(2)3-5;/h4H,3H2,1-2H3;/q-1;+1. The summed E-state index contributed by atoms with van der Waals surface area (Å²) in [6.45, 7) is 5.17. The summed E-state index contributed by atoms with van der Waals surface area (Å²) >= 11 is 1.42. The molecular weight excluding hydrogens is 186 g/mol.